The van der Waals surface area contributed by atoms with Crippen LogP contribution in [-0.2, 0) is 4.74 Å². The predicted octanol–water partition coefficient (Wildman–Crippen LogP) is 8.18. The molecule has 2 aliphatic carbocycles. The van der Waals surface area contributed by atoms with Gasteiger partial charge in [-0.3, -0.25) is 14.2 Å². The zero-order valence-electron chi connectivity index (χ0n) is 34.1. The summed E-state index contributed by atoms with van der Waals surface area (Å²) < 4.78 is 37.5. The van der Waals surface area contributed by atoms with E-state index in [1.807, 2.05) is 51.1 Å². The van der Waals surface area contributed by atoms with Crippen molar-refractivity contribution in [2.24, 2.45) is 0 Å². The molecule has 0 unspecified atom stereocenters. The van der Waals surface area contributed by atoms with Crippen molar-refractivity contribution in [2.45, 2.75) is 102 Å². The van der Waals surface area contributed by atoms with E-state index in [1.165, 1.54) is 15.2 Å². The Bertz CT molecular complexity index is 2570. The topological polar surface area (TPSA) is 199 Å². The summed E-state index contributed by atoms with van der Waals surface area (Å²) in [6, 6.07) is 16.4. The Morgan fingerprint density at radius 2 is 1.35 bits per heavy atom. The highest BCUT2D eigenvalue weighted by molar-refractivity contribution is 14.1. The number of anilines is 2. The van der Waals surface area contributed by atoms with Gasteiger partial charge in [-0.25, -0.2) is 37.7 Å². The van der Waals surface area contributed by atoms with E-state index >= 15 is 0 Å². The highest BCUT2D eigenvalue weighted by Gasteiger charge is 2.29. The number of rotatable bonds is 8. The molecule has 19 heteroatoms. The molecule has 5 aromatic rings. The number of aromatic nitrogens is 4. The van der Waals surface area contributed by atoms with Crippen LogP contribution in [0, 0.1) is 18.8 Å². The molecule has 2 saturated carbocycles. The Labute approximate surface area is 382 Å². The zero-order chi connectivity index (χ0) is 44.7. The van der Waals surface area contributed by atoms with Crippen molar-refractivity contribution in [2.75, 3.05) is 5.32 Å². The molecule has 2 aliphatic rings. The molecule has 2 aromatic carbocycles. The van der Waals surface area contributed by atoms with Gasteiger partial charge in [0.15, 0.2) is 5.65 Å². The van der Waals surface area contributed by atoms with Crippen LogP contribution in [-0.4, -0.2) is 66.0 Å². The quantitative estimate of drug-likeness (QED) is 0.0945. The van der Waals surface area contributed by atoms with Gasteiger partial charge in [-0.05, 0) is 166 Å². The third-order valence-corrected chi connectivity index (χ3v) is 11.7. The van der Waals surface area contributed by atoms with Gasteiger partial charge in [0.2, 0.25) is 0 Å². The lowest BCUT2D eigenvalue weighted by Gasteiger charge is -2.30. The van der Waals surface area contributed by atoms with E-state index in [2.05, 4.69) is 76.4 Å². The van der Waals surface area contributed by atoms with E-state index in [0.717, 1.165) is 44.1 Å². The summed E-state index contributed by atoms with van der Waals surface area (Å²) in [7, 11) is 0. The second-order valence-electron chi connectivity index (χ2n) is 16.1. The lowest BCUT2D eigenvalue weighted by Crippen LogP contribution is -2.45. The van der Waals surface area contributed by atoms with Gasteiger partial charge in [-0.1, -0.05) is 12.1 Å². The Balaban J connectivity index is 0.000000207. The van der Waals surface area contributed by atoms with Gasteiger partial charge in [0.1, 0.15) is 23.1 Å². The average molecular weight is 1080 g/mol. The number of fused-ring (bicyclic) bond motifs is 1. The molecule has 0 radical (unpaired) electrons. The molecule has 0 atom stereocenters. The number of ether oxygens (including phenoxy) is 1. The van der Waals surface area contributed by atoms with E-state index in [1.54, 1.807) is 18.2 Å². The lowest BCUT2D eigenvalue weighted by molar-refractivity contribution is 0.0487. The van der Waals surface area contributed by atoms with Gasteiger partial charge in [0.05, 0.1) is 29.0 Å². The SMILES string of the molecule is CC(C)(C)OC(=O)N[C@H]1CC[C@@H](NC(=O)c2cc(F)cnc2Nc2cccc(I)c2)CC1.O=C(O)N[C@H]1CC[C@@H](n2c(=O)c3cc(F)cnc3n(-c3cccc(I)c3)c2=O)CC1. The number of pyridine rings is 2. The van der Waals surface area contributed by atoms with E-state index in [9.17, 15) is 32.8 Å². The number of nitrogens with zero attached hydrogens (tertiary/aromatic N) is 4. The number of amides is 3. The molecule has 3 amide bonds. The largest absolute Gasteiger partial charge is 0.465 e. The first-order valence-corrected chi connectivity index (χ1v) is 22.2. The summed E-state index contributed by atoms with van der Waals surface area (Å²) in [5, 5.41) is 20.3. The van der Waals surface area contributed by atoms with Crippen molar-refractivity contribution in [1.82, 2.24) is 35.1 Å². The van der Waals surface area contributed by atoms with Gasteiger partial charge in [-0.15, -0.1) is 0 Å². The normalized spacial score (nSPS) is 18.8. The Morgan fingerprint density at radius 1 is 0.774 bits per heavy atom. The van der Waals surface area contributed by atoms with E-state index in [4.69, 9.17) is 9.84 Å². The number of carbonyl (C=O) groups excluding carboxylic acids is 2. The highest BCUT2D eigenvalue weighted by Crippen LogP contribution is 2.28. The number of nitrogens with one attached hydrogen (secondary N) is 4. The first-order valence-electron chi connectivity index (χ1n) is 20.0. The van der Waals surface area contributed by atoms with Gasteiger partial charge in [0.25, 0.3) is 11.5 Å². The first kappa shape index (κ1) is 46.3. The average Bonchev–Trinajstić information content (AvgIpc) is 3.20. The minimum atomic E-state index is -1.09. The second kappa shape index (κ2) is 20.3. The Kier molecular flexibility index (Phi) is 15.2. The molecule has 0 saturated heterocycles. The number of carboxylic acid groups (broad SMARTS) is 1. The minimum absolute atomic E-state index is 0.00613. The second-order valence-corrected chi connectivity index (χ2v) is 18.6. The lowest BCUT2D eigenvalue weighted by atomic mass is 9.91. The Morgan fingerprint density at radius 3 is 1.98 bits per heavy atom. The minimum Gasteiger partial charge on any atom is -0.465 e. The molecule has 0 spiro atoms. The molecular weight excluding hydrogens is 1030 g/mol. The zero-order valence-corrected chi connectivity index (χ0v) is 38.4. The van der Waals surface area contributed by atoms with E-state index in [0.29, 0.717) is 50.0 Å². The standard InChI is InChI=1S/C23H28FIN4O3.C20H18FIN4O4/c1-23(2,3)32-22(31)29-17-9-7-16(8-10-17)28-21(30)19-11-14(24)13-26-20(19)27-18-6-4-5-15(25)12-18;21-11-8-16-17(23-10-11)25(15-3-1-2-12(22)9-15)20(30)26(18(16)27)14-6-4-13(5-7-14)24-19(28)29/h4-6,11-13,16-17H,7-10H2,1-3H3,(H,26,27)(H,28,30)(H,29,31);1-3,8-10,13-14,24H,4-7H2,(H,28,29)/t16-,17+;13-,14+. The van der Waals surface area contributed by atoms with Crippen LogP contribution in [0.25, 0.3) is 16.7 Å². The van der Waals surface area contributed by atoms with E-state index in [-0.39, 0.29) is 40.6 Å². The van der Waals surface area contributed by atoms with Crippen LogP contribution >= 0.6 is 45.2 Å². The molecule has 2 fully saturated rings. The molecule has 7 rings (SSSR count). The van der Waals surface area contributed by atoms with Crippen molar-refractivity contribution in [1.29, 1.82) is 0 Å². The van der Waals surface area contributed by atoms with Crippen molar-refractivity contribution in [3.63, 3.8) is 0 Å². The van der Waals surface area contributed by atoms with Crippen LogP contribution < -0.4 is 32.5 Å². The molecule has 3 heterocycles. The molecule has 0 bridgehead atoms. The number of carbonyl (C=O) groups is 3. The Hall–Kier alpha value is -5.19. The smallest absolute Gasteiger partial charge is 0.407 e. The summed E-state index contributed by atoms with van der Waals surface area (Å²) in [4.78, 5) is 70.4. The molecule has 328 valence electrons. The monoisotopic (exact) mass is 1080 g/mol. The fourth-order valence-corrected chi connectivity index (χ4v) is 8.61. The predicted molar refractivity (Wildman–Crippen MR) is 246 cm³/mol. The van der Waals surface area contributed by atoms with Crippen molar-refractivity contribution in [3.8, 4) is 5.69 Å². The number of halogens is 4. The van der Waals surface area contributed by atoms with Crippen LogP contribution in [0.1, 0.15) is 88.5 Å². The number of hydrogen-bond acceptors (Lipinski definition) is 9. The third-order valence-electron chi connectivity index (χ3n) is 10.3. The summed E-state index contributed by atoms with van der Waals surface area (Å²) in [5.41, 5.74) is -0.117. The van der Waals surface area contributed by atoms with Crippen molar-refractivity contribution < 1.29 is 33.0 Å². The maximum atomic E-state index is 13.9. The number of hydrogen-bond donors (Lipinski definition) is 5. The third kappa shape index (κ3) is 12.3. The first-order chi connectivity index (χ1) is 29.4. The van der Waals surface area contributed by atoms with Crippen LogP contribution in [0.2, 0.25) is 0 Å². The molecule has 3 aromatic heterocycles. The van der Waals surface area contributed by atoms with Crippen LogP contribution in [0.5, 0.6) is 0 Å². The number of benzene rings is 2. The number of alkyl carbamates (subject to hydrolysis) is 1. The van der Waals surface area contributed by atoms with E-state index < -0.39 is 46.7 Å². The van der Waals surface area contributed by atoms with Crippen molar-refractivity contribution >= 4 is 85.8 Å². The van der Waals surface area contributed by atoms with Crippen LogP contribution in [0.3, 0.4) is 0 Å². The van der Waals surface area contributed by atoms with Gasteiger partial charge in [-0.2, -0.15) is 0 Å². The summed E-state index contributed by atoms with van der Waals surface area (Å²) in [5.74, 6) is -1.32. The fraction of sp³-hybridized carbons (Fsp3) is 0.372. The molecule has 5 N–H and O–H groups in total. The highest BCUT2D eigenvalue weighted by atomic mass is 127. The molecular formula is C43H46F2I2N8O7. The van der Waals surface area contributed by atoms with Gasteiger partial charge >= 0.3 is 17.9 Å². The maximum Gasteiger partial charge on any atom is 0.407 e. The van der Waals surface area contributed by atoms with Crippen LogP contribution in [0.4, 0.5) is 29.9 Å². The van der Waals surface area contributed by atoms with Crippen molar-refractivity contribution in [3.05, 3.63) is 118 Å². The maximum absolute atomic E-state index is 13.9. The molecule has 15 nitrogen and oxygen atoms in total. The van der Waals surface area contributed by atoms with Crippen LogP contribution in [0.15, 0.2) is 82.6 Å². The van der Waals surface area contributed by atoms with Gasteiger partial charge < -0.3 is 31.1 Å². The fourth-order valence-electron chi connectivity index (χ4n) is 7.54. The summed E-state index contributed by atoms with van der Waals surface area (Å²) >= 11 is 4.32. The summed E-state index contributed by atoms with van der Waals surface area (Å²) in [6.45, 7) is 5.46. The summed E-state index contributed by atoms with van der Waals surface area (Å²) in [6.07, 6.45) is 5.32. The molecule has 0 aliphatic heterocycles. The molecule has 62 heavy (non-hydrogen) atoms. The van der Waals surface area contributed by atoms with Gasteiger partial charge in [0, 0.05) is 37.0 Å².